The Labute approximate surface area is 115 Å². The van der Waals surface area contributed by atoms with E-state index in [9.17, 15) is 9.90 Å². The lowest BCUT2D eigenvalue weighted by Gasteiger charge is -2.29. The maximum absolute atomic E-state index is 12.4. The van der Waals surface area contributed by atoms with Gasteiger partial charge in [0, 0.05) is 19.3 Å². The number of rotatable bonds is 2. The highest BCUT2D eigenvalue weighted by atomic mass is 16.3. The number of amides is 1. The van der Waals surface area contributed by atoms with Gasteiger partial charge < -0.3 is 10.0 Å². The van der Waals surface area contributed by atoms with Crippen LogP contribution in [0.3, 0.4) is 0 Å². The molecule has 1 fully saturated rings. The van der Waals surface area contributed by atoms with Crippen molar-refractivity contribution in [1.29, 1.82) is 0 Å². The van der Waals surface area contributed by atoms with Gasteiger partial charge in [0.15, 0.2) is 0 Å². The molecule has 1 amide bonds. The lowest BCUT2D eigenvalue weighted by Crippen LogP contribution is -2.46. The molecule has 0 bridgehead atoms. The second kappa shape index (κ2) is 6.19. The van der Waals surface area contributed by atoms with Gasteiger partial charge in [0.05, 0.1) is 12.3 Å². The highest BCUT2D eigenvalue weighted by Crippen LogP contribution is 2.21. The molecule has 1 saturated heterocycles. The fraction of sp³-hybridized carbons (Fsp3) is 0.714. The molecule has 1 aliphatic heterocycles. The van der Waals surface area contributed by atoms with Gasteiger partial charge in [0.25, 0.3) is 0 Å². The Kier molecular flexibility index (Phi) is 5.11. The zero-order valence-corrected chi connectivity index (χ0v) is 12.6. The van der Waals surface area contributed by atoms with Crippen LogP contribution < -0.4 is 0 Å². The Balaban J connectivity index is 0.000000861. The minimum absolute atomic E-state index is 0.0113. The molecular formula is C14H25N3O2. The largest absolute Gasteiger partial charge is 0.391 e. The van der Waals surface area contributed by atoms with Gasteiger partial charge in [-0.1, -0.05) is 13.8 Å². The molecule has 1 aliphatic rings. The third-order valence-electron chi connectivity index (χ3n) is 3.26. The number of hydrogen-bond acceptors (Lipinski definition) is 3. The van der Waals surface area contributed by atoms with Crippen LogP contribution in [0.1, 0.15) is 39.7 Å². The van der Waals surface area contributed by atoms with Gasteiger partial charge in [0.1, 0.15) is 5.54 Å². The molecule has 108 valence electrons. The van der Waals surface area contributed by atoms with Crippen LogP contribution >= 0.6 is 0 Å². The van der Waals surface area contributed by atoms with Crippen LogP contribution in [-0.4, -0.2) is 44.9 Å². The maximum Gasteiger partial charge on any atom is 0.250 e. The van der Waals surface area contributed by atoms with Gasteiger partial charge >= 0.3 is 0 Å². The van der Waals surface area contributed by atoms with Crippen LogP contribution in [0, 0.1) is 6.92 Å². The number of carbonyl (C=O) groups is 1. The van der Waals surface area contributed by atoms with Crippen LogP contribution in [-0.2, 0) is 10.3 Å². The van der Waals surface area contributed by atoms with Crippen LogP contribution in [0.25, 0.3) is 0 Å². The Morgan fingerprint density at radius 3 is 2.53 bits per heavy atom. The van der Waals surface area contributed by atoms with Crippen molar-refractivity contribution in [3.8, 4) is 0 Å². The van der Waals surface area contributed by atoms with Gasteiger partial charge in [0.2, 0.25) is 5.91 Å². The SMILES string of the molecule is CC.Cc1cnn(C(C)(C)C(=O)N2CCC(O)C2)c1. The molecule has 5 heteroatoms. The smallest absolute Gasteiger partial charge is 0.250 e. The van der Waals surface area contributed by atoms with Gasteiger partial charge in [-0.2, -0.15) is 5.10 Å². The van der Waals surface area contributed by atoms with Crippen LogP contribution in [0.2, 0.25) is 0 Å². The van der Waals surface area contributed by atoms with E-state index in [0.29, 0.717) is 19.5 Å². The zero-order valence-electron chi connectivity index (χ0n) is 12.6. The molecule has 0 radical (unpaired) electrons. The van der Waals surface area contributed by atoms with E-state index in [1.54, 1.807) is 15.8 Å². The fourth-order valence-electron chi connectivity index (χ4n) is 2.13. The topological polar surface area (TPSA) is 58.4 Å². The molecule has 0 spiro atoms. The minimum atomic E-state index is -0.696. The first-order valence-corrected chi connectivity index (χ1v) is 6.90. The average molecular weight is 267 g/mol. The highest BCUT2D eigenvalue weighted by Gasteiger charge is 2.37. The van der Waals surface area contributed by atoms with Gasteiger partial charge in [-0.15, -0.1) is 0 Å². The molecule has 1 aromatic rings. The van der Waals surface area contributed by atoms with Crippen molar-refractivity contribution < 1.29 is 9.90 Å². The monoisotopic (exact) mass is 267 g/mol. The number of nitrogens with zero attached hydrogens (tertiary/aromatic N) is 3. The van der Waals surface area contributed by atoms with E-state index in [-0.39, 0.29) is 12.0 Å². The predicted molar refractivity (Wildman–Crippen MR) is 74.8 cm³/mol. The Morgan fingerprint density at radius 2 is 2.11 bits per heavy atom. The maximum atomic E-state index is 12.4. The number of β-amino-alcohol motifs (C(OH)–C–C–N with tert-alkyl or cyclic N) is 1. The number of aryl methyl sites for hydroxylation is 1. The molecular weight excluding hydrogens is 242 g/mol. The third-order valence-corrected chi connectivity index (χ3v) is 3.26. The first kappa shape index (κ1) is 15.7. The van der Waals surface area contributed by atoms with Gasteiger partial charge in [-0.3, -0.25) is 9.48 Å². The molecule has 5 nitrogen and oxygen atoms in total. The first-order valence-electron chi connectivity index (χ1n) is 6.90. The summed E-state index contributed by atoms with van der Waals surface area (Å²) in [4.78, 5) is 14.1. The van der Waals surface area contributed by atoms with Crippen LogP contribution in [0.4, 0.5) is 0 Å². The average Bonchev–Trinajstić information content (AvgIpc) is 3.00. The van der Waals surface area contributed by atoms with E-state index in [2.05, 4.69) is 5.10 Å². The van der Waals surface area contributed by atoms with E-state index < -0.39 is 5.54 Å². The van der Waals surface area contributed by atoms with Crippen molar-refractivity contribution in [2.75, 3.05) is 13.1 Å². The minimum Gasteiger partial charge on any atom is -0.391 e. The summed E-state index contributed by atoms with van der Waals surface area (Å²) in [6.07, 6.45) is 3.90. The second-order valence-electron chi connectivity index (χ2n) is 5.21. The predicted octanol–water partition coefficient (Wildman–Crippen LogP) is 1.55. The summed E-state index contributed by atoms with van der Waals surface area (Å²) in [5.41, 5.74) is 0.338. The molecule has 2 rings (SSSR count). The van der Waals surface area contributed by atoms with E-state index in [0.717, 1.165) is 5.56 Å². The Hall–Kier alpha value is -1.36. The number of carbonyl (C=O) groups excluding carboxylic acids is 1. The molecule has 1 N–H and O–H groups in total. The van der Waals surface area contributed by atoms with E-state index in [1.807, 2.05) is 40.8 Å². The summed E-state index contributed by atoms with van der Waals surface area (Å²) in [6, 6.07) is 0. The van der Waals surface area contributed by atoms with E-state index in [1.165, 1.54) is 0 Å². The summed E-state index contributed by atoms with van der Waals surface area (Å²) < 4.78 is 1.69. The van der Waals surface area contributed by atoms with Crippen molar-refractivity contribution in [3.05, 3.63) is 18.0 Å². The summed E-state index contributed by atoms with van der Waals surface area (Å²) in [6.45, 7) is 10.7. The van der Waals surface area contributed by atoms with Gasteiger partial charge in [-0.05, 0) is 32.8 Å². The number of aliphatic hydroxyl groups is 1. The Morgan fingerprint density at radius 1 is 1.47 bits per heavy atom. The van der Waals surface area contributed by atoms with Crippen LogP contribution in [0.15, 0.2) is 12.4 Å². The number of aromatic nitrogens is 2. The van der Waals surface area contributed by atoms with Crippen molar-refractivity contribution in [3.63, 3.8) is 0 Å². The molecule has 2 heterocycles. The van der Waals surface area contributed by atoms with Crippen molar-refractivity contribution in [2.24, 2.45) is 0 Å². The fourth-order valence-corrected chi connectivity index (χ4v) is 2.13. The number of hydrogen-bond donors (Lipinski definition) is 1. The molecule has 0 aliphatic carbocycles. The molecule has 19 heavy (non-hydrogen) atoms. The molecule has 1 unspecified atom stereocenters. The number of aliphatic hydroxyl groups excluding tert-OH is 1. The molecule has 0 saturated carbocycles. The first-order chi connectivity index (χ1) is 8.91. The summed E-state index contributed by atoms with van der Waals surface area (Å²) in [7, 11) is 0. The summed E-state index contributed by atoms with van der Waals surface area (Å²) in [5.74, 6) is 0.0113. The lowest BCUT2D eigenvalue weighted by molar-refractivity contribution is -0.139. The van der Waals surface area contributed by atoms with Crippen molar-refractivity contribution in [2.45, 2.75) is 52.7 Å². The van der Waals surface area contributed by atoms with Crippen molar-refractivity contribution >= 4 is 5.91 Å². The quantitative estimate of drug-likeness (QED) is 0.884. The summed E-state index contributed by atoms with van der Waals surface area (Å²) >= 11 is 0. The molecule has 0 aromatic carbocycles. The lowest BCUT2D eigenvalue weighted by atomic mass is 10.0. The zero-order chi connectivity index (χ0) is 14.6. The van der Waals surface area contributed by atoms with Crippen molar-refractivity contribution in [1.82, 2.24) is 14.7 Å². The summed E-state index contributed by atoms with van der Waals surface area (Å²) in [5, 5.41) is 13.7. The second-order valence-corrected chi connectivity index (χ2v) is 5.21. The molecule has 1 aromatic heterocycles. The standard InChI is InChI=1S/C12H19N3O2.C2H6/c1-9-6-13-15(7-9)12(2,3)11(17)14-5-4-10(16)8-14;1-2/h6-7,10,16H,4-5,8H2,1-3H3;1-2H3. The van der Waals surface area contributed by atoms with E-state index >= 15 is 0 Å². The van der Waals surface area contributed by atoms with Crippen LogP contribution in [0.5, 0.6) is 0 Å². The highest BCUT2D eigenvalue weighted by molar-refractivity contribution is 5.83. The normalized spacial score (nSPS) is 19.1. The molecule has 1 atom stereocenters. The van der Waals surface area contributed by atoms with Gasteiger partial charge in [-0.25, -0.2) is 0 Å². The Bertz CT molecular complexity index is 426. The van der Waals surface area contributed by atoms with E-state index in [4.69, 9.17) is 0 Å². The number of likely N-dealkylation sites (tertiary alicyclic amines) is 1. The third kappa shape index (κ3) is 3.35.